The molecule has 1 unspecified atom stereocenters. The van der Waals surface area contributed by atoms with E-state index in [-0.39, 0.29) is 18.6 Å². The molecule has 0 saturated heterocycles. The Hall–Kier alpha value is -3.16. The highest BCUT2D eigenvalue weighted by Gasteiger charge is 2.39. The van der Waals surface area contributed by atoms with Crippen LogP contribution in [0.2, 0.25) is 0 Å². The van der Waals surface area contributed by atoms with E-state index in [2.05, 4.69) is 9.82 Å². The summed E-state index contributed by atoms with van der Waals surface area (Å²) in [4.78, 5) is 10.6. The van der Waals surface area contributed by atoms with Crippen LogP contribution in [0.25, 0.3) is 0 Å². The van der Waals surface area contributed by atoms with Crippen LogP contribution in [0.5, 0.6) is 5.75 Å². The van der Waals surface area contributed by atoms with Crippen molar-refractivity contribution in [2.75, 3.05) is 6.61 Å². The van der Waals surface area contributed by atoms with Crippen LogP contribution in [0.1, 0.15) is 59.6 Å². The van der Waals surface area contributed by atoms with Crippen LogP contribution < -0.4 is 15.2 Å². The number of rotatable bonds is 6. The van der Waals surface area contributed by atoms with Crippen molar-refractivity contribution in [1.29, 1.82) is 0 Å². The number of nitrogens with zero attached hydrogens (tertiary/aromatic N) is 1. The number of hydrogen-bond donors (Lipinski definition) is 3. The molecule has 13 heteroatoms. The zero-order chi connectivity index (χ0) is 25.7. The quantitative estimate of drug-likeness (QED) is 0.461. The summed E-state index contributed by atoms with van der Waals surface area (Å²) in [5, 5.41) is 15.8. The molecule has 0 aliphatic carbocycles. The minimum Gasteiger partial charge on any atom is -0.491 e. The van der Waals surface area contributed by atoms with Gasteiger partial charge in [-0.15, -0.1) is 5.10 Å². The predicted octanol–water partition coefficient (Wildman–Crippen LogP) is 3.04. The van der Waals surface area contributed by atoms with Crippen molar-refractivity contribution in [2.45, 2.75) is 50.2 Å². The van der Waals surface area contributed by atoms with Crippen molar-refractivity contribution in [3.8, 4) is 5.75 Å². The number of benzene rings is 2. The number of nitrogens with one attached hydrogen (secondary N) is 2. The van der Waals surface area contributed by atoms with Gasteiger partial charge in [0.05, 0.1) is 18.3 Å². The van der Waals surface area contributed by atoms with Crippen LogP contribution in [-0.2, 0) is 10.0 Å². The van der Waals surface area contributed by atoms with Gasteiger partial charge in [-0.25, -0.2) is 31.5 Å². The maximum Gasteiger partial charge on any atom is 0.434 e. The molecule has 0 fully saturated rings. The van der Waals surface area contributed by atoms with E-state index in [0.29, 0.717) is 11.6 Å². The molecule has 9 nitrogen and oxygen atoms in total. The maximum atomic E-state index is 14.8. The lowest BCUT2D eigenvalue weighted by Crippen LogP contribution is -2.34. The molecule has 2 heterocycles. The number of ether oxygens (including phenoxy) is 1. The third kappa shape index (κ3) is 4.46. The number of sulfonamides is 1. The van der Waals surface area contributed by atoms with E-state index in [1.807, 2.05) is 5.10 Å². The lowest BCUT2D eigenvalue weighted by atomic mass is 9.88. The van der Waals surface area contributed by atoms with Gasteiger partial charge in [0.1, 0.15) is 23.5 Å². The number of fused-ring (bicyclic) bond motifs is 1. The molecule has 188 valence electrons. The summed E-state index contributed by atoms with van der Waals surface area (Å²) in [5.74, 6) is -6.35. The topological polar surface area (TPSA) is 135 Å². The van der Waals surface area contributed by atoms with Gasteiger partial charge >= 0.3 is 5.76 Å². The minimum atomic E-state index is -4.87. The Labute approximate surface area is 198 Å². The van der Waals surface area contributed by atoms with Crippen LogP contribution in [0.4, 0.5) is 13.2 Å². The minimum absolute atomic E-state index is 0.0214. The molecule has 0 amide bonds. The molecule has 0 radical (unpaired) electrons. The molecule has 4 rings (SSSR count). The van der Waals surface area contributed by atoms with E-state index in [9.17, 15) is 31.5 Å². The Morgan fingerprint density at radius 1 is 1.20 bits per heavy atom. The van der Waals surface area contributed by atoms with Crippen molar-refractivity contribution < 1.29 is 35.8 Å². The van der Waals surface area contributed by atoms with Gasteiger partial charge in [0.2, 0.25) is 15.9 Å². The van der Waals surface area contributed by atoms with Gasteiger partial charge in [0, 0.05) is 18.4 Å². The molecule has 35 heavy (non-hydrogen) atoms. The first-order valence-electron chi connectivity index (χ1n) is 10.6. The van der Waals surface area contributed by atoms with Crippen LogP contribution in [0.3, 0.4) is 0 Å². The third-order valence-electron chi connectivity index (χ3n) is 6.11. The zero-order valence-electron chi connectivity index (χ0n) is 18.9. The highest BCUT2D eigenvalue weighted by atomic mass is 32.2. The SMILES string of the molecule is Cc1ccc(F)c([C@@H](C)[C@H](NS(=O)(=O)c2c(F)cc(F)c3c2OCCC3O)c2n[nH]c(=O)o2)c1C. The first-order chi connectivity index (χ1) is 16.4. The van der Waals surface area contributed by atoms with Gasteiger partial charge in [-0.1, -0.05) is 13.0 Å². The molecule has 0 bridgehead atoms. The standard InChI is InChI=1S/C22H22F3N3O6S/c1-9-4-5-12(23)16(10(9)2)11(3)18(21-26-27-22(30)34-21)28-35(31,32)20-14(25)8-13(24)17-15(29)6-7-33-19(17)20/h4-5,8,11,15,18,28-29H,6-7H2,1-3H3,(H,27,30)/t11-,15?,18+/m1/s1. The molecule has 0 spiro atoms. The Kier molecular flexibility index (Phi) is 6.51. The van der Waals surface area contributed by atoms with Crippen LogP contribution >= 0.6 is 0 Å². The first-order valence-corrected chi connectivity index (χ1v) is 12.1. The predicted molar refractivity (Wildman–Crippen MR) is 116 cm³/mol. The summed E-state index contributed by atoms with van der Waals surface area (Å²) in [6, 6.07) is 1.62. The summed E-state index contributed by atoms with van der Waals surface area (Å²) in [6.07, 6.45) is -1.43. The van der Waals surface area contributed by atoms with Crippen molar-refractivity contribution in [3.05, 3.63) is 74.3 Å². The van der Waals surface area contributed by atoms with E-state index >= 15 is 0 Å². The highest BCUT2D eigenvalue weighted by molar-refractivity contribution is 7.89. The Morgan fingerprint density at radius 2 is 1.91 bits per heavy atom. The Morgan fingerprint density at radius 3 is 2.57 bits per heavy atom. The third-order valence-corrected chi connectivity index (χ3v) is 7.59. The molecule has 3 atom stereocenters. The summed E-state index contributed by atoms with van der Waals surface area (Å²) < 4.78 is 83.3. The lowest BCUT2D eigenvalue weighted by Gasteiger charge is -2.27. The average Bonchev–Trinajstić information content (AvgIpc) is 3.20. The first kappa shape index (κ1) is 24.9. The molecule has 2 aromatic carbocycles. The molecule has 1 aromatic heterocycles. The number of halogens is 3. The van der Waals surface area contributed by atoms with E-state index < -0.39 is 73.4 Å². The Balaban J connectivity index is 1.86. The molecule has 1 aliphatic heterocycles. The van der Waals surface area contributed by atoms with Crippen LogP contribution in [-0.4, -0.2) is 30.3 Å². The van der Waals surface area contributed by atoms with Crippen molar-refractivity contribution >= 4 is 10.0 Å². The van der Waals surface area contributed by atoms with Crippen molar-refractivity contribution in [2.24, 2.45) is 0 Å². The van der Waals surface area contributed by atoms with E-state index in [1.54, 1.807) is 19.9 Å². The number of aryl methyl sites for hydroxylation is 1. The zero-order valence-corrected chi connectivity index (χ0v) is 19.7. The van der Waals surface area contributed by atoms with Gasteiger partial charge in [-0.2, -0.15) is 4.72 Å². The molecule has 3 N–H and O–H groups in total. The summed E-state index contributed by atoms with van der Waals surface area (Å²) in [7, 11) is -4.87. The average molecular weight is 513 g/mol. The number of hydrogen-bond acceptors (Lipinski definition) is 7. The van der Waals surface area contributed by atoms with E-state index in [1.165, 1.54) is 13.0 Å². The fourth-order valence-electron chi connectivity index (χ4n) is 4.21. The summed E-state index contributed by atoms with van der Waals surface area (Å²) in [6.45, 7) is 4.67. The van der Waals surface area contributed by atoms with Crippen LogP contribution in [0.15, 0.2) is 32.3 Å². The number of aromatic nitrogens is 2. The van der Waals surface area contributed by atoms with Crippen molar-refractivity contribution in [3.63, 3.8) is 0 Å². The monoisotopic (exact) mass is 513 g/mol. The lowest BCUT2D eigenvalue weighted by molar-refractivity contribution is 0.107. The van der Waals surface area contributed by atoms with Gasteiger partial charge in [0.25, 0.3) is 0 Å². The number of aliphatic hydroxyl groups is 1. The van der Waals surface area contributed by atoms with Gasteiger partial charge in [0.15, 0.2) is 10.6 Å². The van der Waals surface area contributed by atoms with Gasteiger partial charge in [-0.05, 0) is 36.6 Å². The number of aliphatic hydroxyl groups excluding tert-OH is 1. The fraction of sp³-hybridized carbons (Fsp3) is 0.364. The number of aromatic amines is 1. The molecule has 1 aliphatic rings. The fourth-order valence-corrected chi connectivity index (χ4v) is 5.70. The summed E-state index contributed by atoms with van der Waals surface area (Å²) >= 11 is 0. The Bertz CT molecular complexity index is 1450. The second kappa shape index (κ2) is 9.13. The van der Waals surface area contributed by atoms with Crippen molar-refractivity contribution in [1.82, 2.24) is 14.9 Å². The molecular formula is C22H22F3N3O6S. The smallest absolute Gasteiger partial charge is 0.434 e. The largest absolute Gasteiger partial charge is 0.491 e. The summed E-state index contributed by atoms with van der Waals surface area (Å²) in [5.41, 5.74) is 0.877. The molecule has 0 saturated carbocycles. The normalized spacial score (nSPS) is 17.5. The van der Waals surface area contributed by atoms with E-state index in [4.69, 9.17) is 9.15 Å². The molecule has 3 aromatic rings. The van der Waals surface area contributed by atoms with Crippen LogP contribution in [0, 0.1) is 31.3 Å². The highest BCUT2D eigenvalue weighted by Crippen LogP contribution is 2.42. The second-order valence-electron chi connectivity index (χ2n) is 8.31. The second-order valence-corrected chi connectivity index (χ2v) is 9.96. The van der Waals surface area contributed by atoms with E-state index in [0.717, 1.165) is 5.56 Å². The molecular weight excluding hydrogens is 491 g/mol. The number of H-pyrrole nitrogens is 1. The van der Waals surface area contributed by atoms with Gasteiger partial charge in [-0.3, -0.25) is 0 Å². The maximum absolute atomic E-state index is 14.8. The van der Waals surface area contributed by atoms with Gasteiger partial charge < -0.3 is 14.3 Å².